The summed E-state index contributed by atoms with van der Waals surface area (Å²) in [4.78, 5) is 28.9. The number of hydrogen-bond acceptors (Lipinski definition) is 6. The van der Waals surface area contributed by atoms with Crippen molar-refractivity contribution in [2.75, 3.05) is 38.8 Å². The van der Waals surface area contributed by atoms with Gasteiger partial charge in [-0.2, -0.15) is 0 Å². The molecule has 0 aliphatic carbocycles. The van der Waals surface area contributed by atoms with Crippen LogP contribution in [0.5, 0.6) is 11.5 Å². The second kappa shape index (κ2) is 10.7. The molecule has 2 heterocycles. The number of ether oxygens (including phenoxy) is 3. The van der Waals surface area contributed by atoms with Crippen molar-refractivity contribution in [1.29, 1.82) is 0 Å². The van der Waals surface area contributed by atoms with Gasteiger partial charge in [-0.25, -0.2) is 0 Å². The summed E-state index contributed by atoms with van der Waals surface area (Å²) in [5.74, 6) is 0.785. The second-order valence-corrected chi connectivity index (χ2v) is 10.2. The predicted molar refractivity (Wildman–Crippen MR) is 145 cm³/mol. The molecular formula is C28H30BrN3O5. The minimum atomic E-state index is -0.919. The molecule has 2 aliphatic heterocycles. The molecule has 0 radical (unpaired) electrons. The fourth-order valence-electron chi connectivity index (χ4n) is 5.24. The van der Waals surface area contributed by atoms with Crippen molar-refractivity contribution < 1.29 is 23.8 Å². The monoisotopic (exact) mass is 567 g/mol. The molecule has 0 aromatic heterocycles. The van der Waals surface area contributed by atoms with Gasteiger partial charge in [-0.3, -0.25) is 9.59 Å². The Morgan fingerprint density at radius 2 is 1.95 bits per heavy atom. The average Bonchev–Trinajstić information content (AvgIpc) is 2.98. The van der Waals surface area contributed by atoms with Crippen molar-refractivity contribution in [3.63, 3.8) is 0 Å². The lowest BCUT2D eigenvalue weighted by Crippen LogP contribution is -2.64. The number of fused-ring (bicyclic) bond motifs is 2. The first kappa shape index (κ1) is 25.5. The van der Waals surface area contributed by atoms with Gasteiger partial charge in [0.1, 0.15) is 23.1 Å². The SMILES string of the molecule is CNCC(=O)N[C@@H]1C(=O)N(Cc2c(OC)ccc3cc(Br)ccc23)c2ccccc2OC12CCOCC2. The van der Waals surface area contributed by atoms with Crippen LogP contribution in [-0.2, 0) is 20.9 Å². The molecule has 0 saturated carbocycles. The highest BCUT2D eigenvalue weighted by molar-refractivity contribution is 9.10. The first-order valence-corrected chi connectivity index (χ1v) is 13.1. The number of halogens is 1. The molecule has 1 fully saturated rings. The third-order valence-corrected chi connectivity index (χ3v) is 7.57. The van der Waals surface area contributed by atoms with Crippen molar-refractivity contribution in [2.24, 2.45) is 0 Å². The van der Waals surface area contributed by atoms with Gasteiger partial charge in [-0.15, -0.1) is 0 Å². The van der Waals surface area contributed by atoms with E-state index in [1.54, 1.807) is 19.1 Å². The third-order valence-electron chi connectivity index (χ3n) is 7.08. The van der Waals surface area contributed by atoms with Crippen LogP contribution in [0, 0.1) is 0 Å². The Balaban J connectivity index is 1.64. The number of carbonyl (C=O) groups is 2. The van der Waals surface area contributed by atoms with Crippen LogP contribution < -0.4 is 25.0 Å². The topological polar surface area (TPSA) is 89.1 Å². The molecule has 2 amide bonds. The number of benzene rings is 3. The minimum Gasteiger partial charge on any atom is -0.496 e. The van der Waals surface area contributed by atoms with Gasteiger partial charge in [-0.05, 0) is 48.2 Å². The van der Waals surface area contributed by atoms with Crippen LogP contribution in [0.25, 0.3) is 10.8 Å². The molecule has 2 N–H and O–H groups in total. The standard InChI is InChI=1S/C28H30BrN3O5/c1-30-16-25(33)31-26-27(34)32(17-21-20-9-8-19(29)15-18(20)7-10-23(21)35-2)22-5-3-4-6-24(22)37-28(26)11-13-36-14-12-28/h3-10,15,26,30H,11-14,16-17H2,1-2H3,(H,31,33)/t26-/m1/s1. The van der Waals surface area contributed by atoms with E-state index >= 15 is 0 Å². The van der Waals surface area contributed by atoms with Crippen molar-refractivity contribution in [1.82, 2.24) is 10.6 Å². The number of nitrogens with one attached hydrogen (secondary N) is 2. The van der Waals surface area contributed by atoms with Crippen LogP contribution in [0.3, 0.4) is 0 Å². The minimum absolute atomic E-state index is 0.0926. The molecule has 9 heteroatoms. The fourth-order valence-corrected chi connectivity index (χ4v) is 5.62. The molecule has 5 rings (SSSR count). The quantitative estimate of drug-likeness (QED) is 0.471. The van der Waals surface area contributed by atoms with E-state index in [0.717, 1.165) is 20.8 Å². The van der Waals surface area contributed by atoms with Crippen LogP contribution in [0.15, 0.2) is 59.1 Å². The lowest BCUT2D eigenvalue weighted by Gasteiger charge is -2.41. The van der Waals surface area contributed by atoms with Gasteiger partial charge in [0.05, 0.1) is 39.1 Å². The first-order valence-electron chi connectivity index (χ1n) is 12.3. The molecular weight excluding hydrogens is 538 g/mol. The zero-order chi connectivity index (χ0) is 26.0. The number of para-hydroxylation sites is 2. The van der Waals surface area contributed by atoms with Gasteiger partial charge in [0, 0.05) is 22.9 Å². The Kier molecular flexibility index (Phi) is 7.37. The van der Waals surface area contributed by atoms with Gasteiger partial charge in [-0.1, -0.05) is 40.2 Å². The van der Waals surface area contributed by atoms with E-state index in [2.05, 4.69) is 26.6 Å². The van der Waals surface area contributed by atoms with E-state index in [9.17, 15) is 9.59 Å². The van der Waals surface area contributed by atoms with Gasteiger partial charge in [0.25, 0.3) is 5.91 Å². The number of carbonyl (C=O) groups excluding carboxylic acids is 2. The number of anilines is 1. The summed E-state index contributed by atoms with van der Waals surface area (Å²) in [6.07, 6.45) is 0.966. The van der Waals surface area contributed by atoms with Crippen molar-refractivity contribution in [3.05, 3.63) is 64.6 Å². The Morgan fingerprint density at radius 1 is 1.16 bits per heavy atom. The zero-order valence-electron chi connectivity index (χ0n) is 20.9. The molecule has 194 valence electrons. The molecule has 2 aliphatic rings. The Morgan fingerprint density at radius 3 is 2.70 bits per heavy atom. The number of nitrogens with zero attached hydrogens (tertiary/aromatic N) is 1. The molecule has 3 aromatic carbocycles. The molecule has 37 heavy (non-hydrogen) atoms. The maximum Gasteiger partial charge on any atom is 0.254 e. The summed E-state index contributed by atoms with van der Waals surface area (Å²) < 4.78 is 19.0. The van der Waals surface area contributed by atoms with Gasteiger partial charge >= 0.3 is 0 Å². The molecule has 1 spiro atoms. The second-order valence-electron chi connectivity index (χ2n) is 9.31. The molecule has 3 aromatic rings. The molecule has 1 atom stereocenters. The first-order chi connectivity index (χ1) is 18.0. The van der Waals surface area contributed by atoms with E-state index < -0.39 is 11.6 Å². The number of hydrogen-bond donors (Lipinski definition) is 2. The number of amides is 2. The molecule has 8 nitrogen and oxygen atoms in total. The number of rotatable bonds is 6. The molecule has 0 unspecified atom stereocenters. The van der Waals surface area contributed by atoms with Crippen LogP contribution in [-0.4, -0.2) is 57.4 Å². The van der Waals surface area contributed by atoms with Gasteiger partial charge < -0.3 is 29.7 Å². The van der Waals surface area contributed by atoms with Crippen molar-refractivity contribution in [3.8, 4) is 11.5 Å². The molecule has 1 saturated heterocycles. The van der Waals surface area contributed by atoms with Crippen molar-refractivity contribution in [2.45, 2.75) is 31.0 Å². The number of methoxy groups -OCH3 is 1. The summed E-state index contributed by atoms with van der Waals surface area (Å²) in [6.45, 7) is 1.22. The van der Waals surface area contributed by atoms with E-state index in [4.69, 9.17) is 14.2 Å². The van der Waals surface area contributed by atoms with E-state index in [0.29, 0.717) is 43.2 Å². The zero-order valence-corrected chi connectivity index (χ0v) is 22.5. The Labute approximate surface area is 224 Å². The highest BCUT2D eigenvalue weighted by atomic mass is 79.9. The van der Waals surface area contributed by atoms with Crippen molar-refractivity contribution >= 4 is 44.2 Å². The Hall–Kier alpha value is -3.14. The molecule has 0 bridgehead atoms. The highest BCUT2D eigenvalue weighted by Crippen LogP contribution is 2.42. The van der Waals surface area contributed by atoms with Crippen LogP contribution in [0.4, 0.5) is 5.69 Å². The fraction of sp³-hybridized carbons (Fsp3) is 0.357. The summed E-state index contributed by atoms with van der Waals surface area (Å²) >= 11 is 3.55. The third kappa shape index (κ3) is 4.91. The van der Waals surface area contributed by atoms with Crippen LogP contribution in [0.1, 0.15) is 18.4 Å². The largest absolute Gasteiger partial charge is 0.496 e. The number of likely N-dealkylation sites (N-methyl/N-ethyl adjacent to an activating group) is 1. The van der Waals surface area contributed by atoms with Crippen LogP contribution >= 0.6 is 15.9 Å². The normalized spacial score (nSPS) is 18.7. The summed E-state index contributed by atoms with van der Waals surface area (Å²) in [5.41, 5.74) is 0.607. The summed E-state index contributed by atoms with van der Waals surface area (Å²) in [5, 5.41) is 7.85. The average molecular weight is 568 g/mol. The maximum atomic E-state index is 14.4. The summed E-state index contributed by atoms with van der Waals surface area (Å²) in [6, 6.07) is 16.6. The summed E-state index contributed by atoms with van der Waals surface area (Å²) in [7, 11) is 3.32. The lowest BCUT2D eigenvalue weighted by molar-refractivity contribution is -0.137. The van der Waals surface area contributed by atoms with Gasteiger partial charge in [0.2, 0.25) is 5.91 Å². The van der Waals surface area contributed by atoms with Gasteiger partial charge in [0.15, 0.2) is 0 Å². The van der Waals surface area contributed by atoms with E-state index in [-0.39, 0.29) is 24.9 Å². The predicted octanol–water partition coefficient (Wildman–Crippen LogP) is 3.79. The highest BCUT2D eigenvalue weighted by Gasteiger charge is 2.51. The van der Waals surface area contributed by atoms with E-state index in [1.807, 2.05) is 54.6 Å². The van der Waals surface area contributed by atoms with E-state index in [1.165, 1.54) is 0 Å². The maximum absolute atomic E-state index is 14.4. The Bertz CT molecular complexity index is 1320. The van der Waals surface area contributed by atoms with Crippen LogP contribution in [0.2, 0.25) is 0 Å². The smallest absolute Gasteiger partial charge is 0.254 e. The lowest BCUT2D eigenvalue weighted by atomic mass is 9.85.